The summed E-state index contributed by atoms with van der Waals surface area (Å²) >= 11 is 1.31. The molecule has 0 N–H and O–H groups in total. The van der Waals surface area contributed by atoms with Crippen LogP contribution in [-0.2, 0) is 17.9 Å². The molecule has 0 atom stereocenters. The molecular weight excluding hydrogens is 413 g/mol. The van der Waals surface area contributed by atoms with Crippen LogP contribution < -0.4 is 0 Å². The molecule has 3 heterocycles. The third kappa shape index (κ3) is 4.38. The lowest BCUT2D eigenvalue weighted by atomic mass is 10.2. The van der Waals surface area contributed by atoms with Gasteiger partial charge in [0, 0.05) is 12.1 Å². The second-order valence-electron chi connectivity index (χ2n) is 6.43. The van der Waals surface area contributed by atoms with Crippen LogP contribution in [0.25, 0.3) is 0 Å². The Morgan fingerprint density at radius 1 is 1.17 bits per heavy atom. The molecule has 1 amide bonds. The molecule has 0 spiro atoms. The van der Waals surface area contributed by atoms with Gasteiger partial charge in [0.25, 0.3) is 0 Å². The van der Waals surface area contributed by atoms with Crippen molar-refractivity contribution >= 4 is 34.2 Å². The van der Waals surface area contributed by atoms with E-state index in [4.69, 9.17) is 0 Å². The van der Waals surface area contributed by atoms with Crippen molar-refractivity contribution in [1.82, 2.24) is 24.5 Å². The second kappa shape index (κ2) is 8.45. The number of carbonyl (C=O) groups excluding carboxylic acids is 1. The van der Waals surface area contributed by atoms with Crippen LogP contribution in [-0.4, -0.2) is 52.8 Å². The summed E-state index contributed by atoms with van der Waals surface area (Å²) in [4.78, 5) is 28.5. The Hall–Kier alpha value is -3.54. The number of hydrogen-bond acceptors (Lipinski definition) is 7. The van der Waals surface area contributed by atoms with E-state index in [9.17, 15) is 19.3 Å². The minimum absolute atomic E-state index is 0.0980. The number of amides is 1. The van der Waals surface area contributed by atoms with Crippen LogP contribution >= 0.6 is 11.8 Å². The number of amidine groups is 1. The summed E-state index contributed by atoms with van der Waals surface area (Å²) in [6.45, 7) is 0.851. The number of aromatic nitrogens is 4. The lowest BCUT2D eigenvalue weighted by Crippen LogP contribution is -2.32. The zero-order chi connectivity index (χ0) is 21.1. The highest BCUT2D eigenvalue weighted by molar-refractivity contribution is 8.15. The van der Waals surface area contributed by atoms with E-state index in [1.165, 1.54) is 39.8 Å². The summed E-state index contributed by atoms with van der Waals surface area (Å²) in [5.74, 6) is -0.136. The first-order valence-electron chi connectivity index (χ1n) is 8.94. The van der Waals surface area contributed by atoms with Crippen LogP contribution in [0.5, 0.6) is 0 Å². The van der Waals surface area contributed by atoms with Crippen molar-refractivity contribution in [2.75, 3.05) is 12.3 Å². The zero-order valence-electron chi connectivity index (χ0n) is 15.6. The van der Waals surface area contributed by atoms with E-state index in [-0.39, 0.29) is 36.3 Å². The lowest BCUT2D eigenvalue weighted by Gasteiger charge is -2.15. The van der Waals surface area contributed by atoms with Crippen molar-refractivity contribution < 1.29 is 14.1 Å². The molecule has 0 aliphatic carbocycles. The minimum Gasteiger partial charge on any atom is -0.289 e. The van der Waals surface area contributed by atoms with E-state index in [0.717, 1.165) is 0 Å². The number of nitrogens with zero attached hydrogens (tertiary/aromatic N) is 7. The summed E-state index contributed by atoms with van der Waals surface area (Å²) in [5, 5.41) is 19.4. The van der Waals surface area contributed by atoms with Gasteiger partial charge in [0.05, 0.1) is 36.2 Å². The minimum atomic E-state index is -0.522. The van der Waals surface area contributed by atoms with Gasteiger partial charge in [-0.1, -0.05) is 30.0 Å². The lowest BCUT2D eigenvalue weighted by molar-refractivity contribution is -0.385. The number of aliphatic imine (C=N–C) groups is 1. The maximum Gasteiger partial charge on any atom is 0.306 e. The number of hydrogen-bond donors (Lipinski definition) is 0. The van der Waals surface area contributed by atoms with Gasteiger partial charge < -0.3 is 0 Å². The Morgan fingerprint density at radius 3 is 2.73 bits per heavy atom. The van der Waals surface area contributed by atoms with Crippen molar-refractivity contribution in [3.05, 3.63) is 70.5 Å². The van der Waals surface area contributed by atoms with Crippen LogP contribution in [0.2, 0.25) is 0 Å². The molecule has 1 fully saturated rings. The quantitative estimate of drug-likeness (QED) is 0.421. The monoisotopic (exact) mass is 429 g/mol. The molecular formula is C18H16FN7O3S. The molecule has 1 aliphatic rings. The fraction of sp³-hybridized carbons (Fsp3) is 0.222. The summed E-state index contributed by atoms with van der Waals surface area (Å²) in [7, 11) is 0. The third-order valence-electron chi connectivity index (χ3n) is 4.37. The Balaban J connectivity index is 1.44. The highest BCUT2D eigenvalue weighted by Crippen LogP contribution is 2.24. The van der Waals surface area contributed by atoms with Crippen LogP contribution in [0.15, 0.2) is 54.0 Å². The average Bonchev–Trinajstić information content (AvgIpc) is 3.44. The smallest absolute Gasteiger partial charge is 0.289 e. The number of thioether (sulfide) groups is 1. The van der Waals surface area contributed by atoms with Crippen LogP contribution in [0.4, 0.5) is 15.8 Å². The van der Waals surface area contributed by atoms with Gasteiger partial charge in [0.15, 0.2) is 5.17 Å². The van der Waals surface area contributed by atoms with E-state index in [2.05, 4.69) is 15.2 Å². The van der Waals surface area contributed by atoms with Crippen LogP contribution in [0.3, 0.4) is 0 Å². The van der Waals surface area contributed by atoms with Gasteiger partial charge in [0.1, 0.15) is 23.9 Å². The zero-order valence-corrected chi connectivity index (χ0v) is 16.4. The largest absolute Gasteiger partial charge is 0.306 e. The number of benzene rings is 1. The van der Waals surface area contributed by atoms with Crippen molar-refractivity contribution in [3.8, 4) is 0 Å². The van der Waals surface area contributed by atoms with E-state index in [0.29, 0.717) is 23.0 Å². The molecule has 154 valence electrons. The molecule has 0 unspecified atom stereocenters. The molecule has 1 saturated heterocycles. The highest BCUT2D eigenvalue weighted by Gasteiger charge is 2.28. The first-order chi connectivity index (χ1) is 14.5. The van der Waals surface area contributed by atoms with Gasteiger partial charge in [-0.25, -0.2) is 9.38 Å². The first-order valence-corrected chi connectivity index (χ1v) is 9.93. The molecule has 3 aromatic rings. The fourth-order valence-corrected chi connectivity index (χ4v) is 3.81. The highest BCUT2D eigenvalue weighted by atomic mass is 32.2. The molecule has 30 heavy (non-hydrogen) atoms. The second-order valence-corrected chi connectivity index (χ2v) is 7.38. The number of halogens is 1. The summed E-state index contributed by atoms with van der Waals surface area (Å²) < 4.78 is 16.8. The normalized spacial score (nSPS) is 15.3. The summed E-state index contributed by atoms with van der Waals surface area (Å²) in [6.07, 6.45) is 5.71. The predicted octanol–water partition coefficient (Wildman–Crippen LogP) is 2.44. The predicted molar refractivity (Wildman–Crippen MR) is 108 cm³/mol. The SMILES string of the molecule is O=C1CSC(=Nc2cnn(Cc3ccccc3F)c2)N1CCn1cc([N+](=O)[O-])cn1. The maximum absolute atomic E-state index is 13.8. The third-order valence-corrected chi connectivity index (χ3v) is 5.34. The van der Waals surface area contributed by atoms with Gasteiger partial charge in [-0.15, -0.1) is 0 Å². The number of carbonyl (C=O) groups is 1. The van der Waals surface area contributed by atoms with Crippen LogP contribution in [0.1, 0.15) is 5.56 Å². The van der Waals surface area contributed by atoms with Gasteiger partial charge in [-0.3, -0.25) is 29.2 Å². The molecule has 4 rings (SSSR count). The fourth-order valence-electron chi connectivity index (χ4n) is 2.88. The Labute approximate surface area is 174 Å². The van der Waals surface area contributed by atoms with Crippen molar-refractivity contribution in [1.29, 1.82) is 0 Å². The average molecular weight is 429 g/mol. The Kier molecular flexibility index (Phi) is 5.57. The van der Waals surface area contributed by atoms with E-state index >= 15 is 0 Å². The first kappa shape index (κ1) is 19.8. The van der Waals surface area contributed by atoms with Crippen LogP contribution in [0, 0.1) is 15.9 Å². The summed E-state index contributed by atoms with van der Waals surface area (Å²) in [6, 6.07) is 6.47. The molecule has 12 heteroatoms. The Bertz CT molecular complexity index is 1130. The van der Waals surface area contributed by atoms with E-state index in [1.54, 1.807) is 35.3 Å². The van der Waals surface area contributed by atoms with E-state index < -0.39 is 4.92 Å². The molecule has 0 bridgehead atoms. The molecule has 10 nitrogen and oxygen atoms in total. The standard InChI is InChI=1S/C18H16FN7O3S/c19-16-4-2-1-3-13(16)9-24-10-14(7-20-24)22-18-25(17(27)12-30-18)6-5-23-11-15(8-21-23)26(28)29/h1-4,7-8,10-11H,5-6,9,12H2. The van der Waals surface area contributed by atoms with Crippen molar-refractivity contribution in [3.63, 3.8) is 0 Å². The molecule has 1 aromatic carbocycles. The number of nitro groups is 1. The van der Waals surface area contributed by atoms with E-state index in [1.807, 2.05) is 0 Å². The van der Waals surface area contributed by atoms with Gasteiger partial charge in [-0.05, 0) is 6.07 Å². The molecule has 0 saturated carbocycles. The summed E-state index contributed by atoms with van der Waals surface area (Å²) in [5.41, 5.74) is 0.955. The molecule has 0 radical (unpaired) electrons. The van der Waals surface area contributed by atoms with Gasteiger partial charge >= 0.3 is 5.69 Å². The number of rotatable bonds is 7. The van der Waals surface area contributed by atoms with Crippen molar-refractivity contribution in [2.24, 2.45) is 4.99 Å². The Morgan fingerprint density at radius 2 is 1.97 bits per heavy atom. The van der Waals surface area contributed by atoms with Crippen molar-refractivity contribution in [2.45, 2.75) is 13.1 Å². The topological polar surface area (TPSA) is 111 Å². The molecule has 2 aromatic heterocycles. The van der Waals surface area contributed by atoms with Gasteiger partial charge in [0.2, 0.25) is 5.91 Å². The molecule has 1 aliphatic heterocycles. The van der Waals surface area contributed by atoms with Gasteiger partial charge in [-0.2, -0.15) is 10.2 Å². The maximum atomic E-state index is 13.8.